The van der Waals surface area contributed by atoms with Gasteiger partial charge in [-0.1, -0.05) is 25.1 Å². The molecular formula is C15H16N2O. The highest BCUT2D eigenvalue weighted by Crippen LogP contribution is 2.38. The van der Waals surface area contributed by atoms with E-state index in [0.29, 0.717) is 6.42 Å². The molecule has 2 unspecified atom stereocenters. The van der Waals surface area contributed by atoms with Crippen LogP contribution in [0.5, 0.6) is 0 Å². The monoisotopic (exact) mass is 240 g/mol. The lowest BCUT2D eigenvalue weighted by Crippen LogP contribution is -2.23. The average Bonchev–Trinajstić information content (AvgIpc) is 2.45. The molecule has 0 fully saturated rings. The maximum atomic E-state index is 10.5. The predicted molar refractivity (Wildman–Crippen MR) is 70.7 cm³/mol. The fourth-order valence-electron chi connectivity index (χ4n) is 2.03. The number of nitriles is 1. The molecule has 0 aliphatic heterocycles. The maximum Gasteiger partial charge on any atom is 0.0980 e. The molecular weight excluding hydrogens is 224 g/mol. The molecule has 1 heterocycles. The third-order valence-electron chi connectivity index (χ3n) is 3.57. The van der Waals surface area contributed by atoms with Gasteiger partial charge in [-0.3, -0.25) is 4.98 Å². The summed E-state index contributed by atoms with van der Waals surface area (Å²) in [5, 5.41) is 20.7. The van der Waals surface area contributed by atoms with Gasteiger partial charge in [-0.15, -0.1) is 0 Å². The summed E-state index contributed by atoms with van der Waals surface area (Å²) in [6.45, 7) is 3.70. The first-order valence-corrected chi connectivity index (χ1v) is 6.05. The van der Waals surface area contributed by atoms with Crippen LogP contribution >= 0.6 is 0 Å². The van der Waals surface area contributed by atoms with E-state index in [1.807, 2.05) is 31.2 Å². The Morgan fingerprint density at radius 1 is 1.39 bits per heavy atom. The predicted octanol–water partition coefficient (Wildman–Crippen LogP) is 3.21. The molecule has 0 spiro atoms. The number of pyridine rings is 1. The normalized spacial score (nSPS) is 15.9. The van der Waals surface area contributed by atoms with E-state index in [-0.39, 0.29) is 0 Å². The van der Waals surface area contributed by atoms with Gasteiger partial charge in [0.1, 0.15) is 0 Å². The number of benzene rings is 1. The Hall–Kier alpha value is -1.92. The van der Waals surface area contributed by atoms with Crippen molar-refractivity contribution in [3.8, 4) is 6.07 Å². The first-order chi connectivity index (χ1) is 8.62. The zero-order valence-corrected chi connectivity index (χ0v) is 10.6. The molecule has 92 valence electrons. The van der Waals surface area contributed by atoms with Gasteiger partial charge in [-0.05, 0) is 31.0 Å². The fourth-order valence-corrected chi connectivity index (χ4v) is 2.03. The molecule has 1 aromatic carbocycles. The minimum Gasteiger partial charge on any atom is -0.387 e. The van der Waals surface area contributed by atoms with Gasteiger partial charge in [0.15, 0.2) is 0 Å². The Morgan fingerprint density at radius 3 is 2.78 bits per heavy atom. The molecule has 1 aromatic heterocycles. The largest absolute Gasteiger partial charge is 0.387 e. The minimum atomic E-state index is -0.805. The topological polar surface area (TPSA) is 56.9 Å². The van der Waals surface area contributed by atoms with Crippen LogP contribution in [0.25, 0.3) is 10.9 Å². The van der Waals surface area contributed by atoms with Gasteiger partial charge in [0.05, 0.1) is 23.1 Å². The van der Waals surface area contributed by atoms with Crippen molar-refractivity contribution < 1.29 is 5.11 Å². The molecule has 0 aliphatic rings. The second-order valence-corrected chi connectivity index (χ2v) is 4.70. The van der Waals surface area contributed by atoms with Crippen LogP contribution in [0.3, 0.4) is 0 Å². The van der Waals surface area contributed by atoms with Gasteiger partial charge >= 0.3 is 0 Å². The van der Waals surface area contributed by atoms with Crippen molar-refractivity contribution in [3.63, 3.8) is 0 Å². The van der Waals surface area contributed by atoms with Crippen molar-refractivity contribution in [2.24, 2.45) is 5.41 Å². The fraction of sp³-hybridized carbons (Fsp3) is 0.333. The van der Waals surface area contributed by atoms with Crippen molar-refractivity contribution in [3.05, 3.63) is 42.1 Å². The summed E-state index contributed by atoms with van der Waals surface area (Å²) in [6.07, 6.45) is 1.47. The average molecular weight is 240 g/mol. The molecule has 0 saturated heterocycles. The number of hydrogen-bond donors (Lipinski definition) is 1. The van der Waals surface area contributed by atoms with Crippen LogP contribution in [-0.2, 0) is 0 Å². The quantitative estimate of drug-likeness (QED) is 0.896. The summed E-state index contributed by atoms with van der Waals surface area (Å²) in [5.74, 6) is 0. The molecule has 3 heteroatoms. The summed E-state index contributed by atoms with van der Waals surface area (Å²) in [6, 6.07) is 11.7. The number of fused-ring (bicyclic) bond motifs is 1. The van der Waals surface area contributed by atoms with Gasteiger partial charge in [0, 0.05) is 11.6 Å². The maximum absolute atomic E-state index is 10.5. The van der Waals surface area contributed by atoms with Crippen LogP contribution in [0.1, 0.15) is 31.9 Å². The zero-order chi connectivity index (χ0) is 13.2. The van der Waals surface area contributed by atoms with Gasteiger partial charge in [0.2, 0.25) is 0 Å². The zero-order valence-electron chi connectivity index (χ0n) is 10.6. The van der Waals surface area contributed by atoms with E-state index in [4.69, 9.17) is 0 Å². The minimum absolute atomic E-state index is 0.599. The Labute approximate surface area is 107 Å². The molecule has 0 aliphatic carbocycles. The van der Waals surface area contributed by atoms with Crippen molar-refractivity contribution in [2.75, 3.05) is 0 Å². The number of aromatic nitrogens is 1. The van der Waals surface area contributed by atoms with Crippen LogP contribution in [-0.4, -0.2) is 10.1 Å². The van der Waals surface area contributed by atoms with E-state index in [1.54, 1.807) is 19.2 Å². The lowest BCUT2D eigenvalue weighted by molar-refractivity contribution is 0.0734. The van der Waals surface area contributed by atoms with Crippen LogP contribution < -0.4 is 0 Å². The second kappa shape index (κ2) is 4.75. The van der Waals surface area contributed by atoms with E-state index in [9.17, 15) is 10.4 Å². The van der Waals surface area contributed by atoms with E-state index in [2.05, 4.69) is 11.1 Å². The lowest BCUT2D eigenvalue weighted by atomic mass is 9.79. The Morgan fingerprint density at radius 2 is 2.11 bits per heavy atom. The number of nitrogens with zero attached hydrogens (tertiary/aromatic N) is 2. The number of aliphatic hydroxyl groups excluding tert-OH is 1. The first kappa shape index (κ1) is 12.5. The number of aliphatic hydroxyl groups is 1. The Kier molecular flexibility index (Phi) is 3.31. The third kappa shape index (κ3) is 1.96. The summed E-state index contributed by atoms with van der Waals surface area (Å²) in [4.78, 5) is 4.26. The lowest BCUT2D eigenvalue weighted by Gasteiger charge is -2.27. The van der Waals surface area contributed by atoms with Gasteiger partial charge in [-0.2, -0.15) is 5.26 Å². The molecule has 2 aromatic rings. The number of para-hydroxylation sites is 1. The van der Waals surface area contributed by atoms with Crippen molar-refractivity contribution in [1.82, 2.24) is 4.98 Å². The molecule has 0 saturated carbocycles. The van der Waals surface area contributed by atoms with Crippen molar-refractivity contribution >= 4 is 10.9 Å². The van der Waals surface area contributed by atoms with Gasteiger partial charge in [-0.25, -0.2) is 0 Å². The van der Waals surface area contributed by atoms with Crippen LogP contribution in [0, 0.1) is 16.7 Å². The Balaban J connectivity index is 2.59. The summed E-state index contributed by atoms with van der Waals surface area (Å²) in [7, 11) is 0. The van der Waals surface area contributed by atoms with Crippen LogP contribution in [0.15, 0.2) is 36.5 Å². The van der Waals surface area contributed by atoms with Gasteiger partial charge in [0.25, 0.3) is 0 Å². The van der Waals surface area contributed by atoms with E-state index in [0.717, 1.165) is 16.5 Å². The van der Waals surface area contributed by atoms with Crippen molar-refractivity contribution in [1.29, 1.82) is 5.26 Å². The molecule has 0 bridgehead atoms. The van der Waals surface area contributed by atoms with Crippen LogP contribution in [0.4, 0.5) is 0 Å². The molecule has 3 nitrogen and oxygen atoms in total. The SMILES string of the molecule is CCC(C)(C#N)C(O)c1ccnc2ccccc12. The standard InChI is InChI=1S/C15H16N2O/c1-3-15(2,10-16)14(18)12-8-9-17-13-7-5-4-6-11(12)13/h4-9,14,18H,3H2,1-2H3. The first-order valence-electron chi connectivity index (χ1n) is 6.05. The Bertz CT molecular complexity index is 597. The van der Waals surface area contributed by atoms with E-state index >= 15 is 0 Å². The highest BCUT2D eigenvalue weighted by molar-refractivity contribution is 5.82. The van der Waals surface area contributed by atoms with E-state index < -0.39 is 11.5 Å². The number of rotatable bonds is 3. The summed E-state index contributed by atoms with van der Waals surface area (Å²) in [5.41, 5.74) is 0.835. The summed E-state index contributed by atoms with van der Waals surface area (Å²) >= 11 is 0. The highest BCUT2D eigenvalue weighted by atomic mass is 16.3. The molecule has 0 radical (unpaired) electrons. The van der Waals surface area contributed by atoms with Crippen molar-refractivity contribution in [2.45, 2.75) is 26.4 Å². The second-order valence-electron chi connectivity index (χ2n) is 4.70. The molecule has 2 atom stereocenters. The highest BCUT2D eigenvalue weighted by Gasteiger charge is 2.33. The summed E-state index contributed by atoms with van der Waals surface area (Å²) < 4.78 is 0. The third-order valence-corrected chi connectivity index (χ3v) is 3.57. The smallest absolute Gasteiger partial charge is 0.0980 e. The molecule has 0 amide bonds. The van der Waals surface area contributed by atoms with Crippen LogP contribution in [0.2, 0.25) is 0 Å². The molecule has 2 rings (SSSR count). The van der Waals surface area contributed by atoms with E-state index in [1.165, 1.54) is 0 Å². The molecule has 1 N–H and O–H groups in total. The number of hydrogen-bond acceptors (Lipinski definition) is 3. The van der Waals surface area contributed by atoms with Gasteiger partial charge < -0.3 is 5.11 Å². The molecule has 18 heavy (non-hydrogen) atoms.